The number of nitrogens with zero attached hydrogens (tertiary/aromatic N) is 2. The van der Waals surface area contributed by atoms with Gasteiger partial charge >= 0.3 is 0 Å². The maximum absolute atomic E-state index is 10.3. The fourth-order valence-corrected chi connectivity index (χ4v) is 15.0. The van der Waals surface area contributed by atoms with Gasteiger partial charge in [0.15, 0.2) is 8.07 Å². The molecule has 0 fully saturated rings. The molecule has 2 heterocycles. The standard InChI is InChI=1S/C72H50N2Si/c1-6-23-51(24-7-1)62-39-22-40-63(52-25-8-2-9-26-52)72(62)74-69-42-19-17-38-65(69)67-49-56(44-46-71(67)74)54-28-20-27-53(47-54)55-43-45-70-66(48-55)64-37-16-18-41-68(64)73(70)57-29-21-36-61(50-57)75(58-30-10-3-11-31-58,59-32-12-4-13-33-59)60-34-14-5-15-35-60/h1-50H/i1D,2D,6D,7D,8D,9D,16D,17D,18D,19D,20D,23D,24D,25D,26D,27D,28D,37D,38D,41D,42D,43D,44D,45D,46D,47D,48D,49D. The number of fused-ring (bicyclic) bond motifs is 6. The zero-order chi connectivity index (χ0) is 74.1. The topological polar surface area (TPSA) is 9.86 Å². The molecule has 352 valence electrons. The van der Waals surface area contributed by atoms with Crippen LogP contribution in [0.3, 0.4) is 0 Å². The molecule has 3 heteroatoms. The van der Waals surface area contributed by atoms with Crippen LogP contribution in [0.5, 0.6) is 0 Å². The van der Waals surface area contributed by atoms with Gasteiger partial charge in [0, 0.05) is 38.4 Å². The van der Waals surface area contributed by atoms with Gasteiger partial charge in [0.1, 0.15) is 0 Å². The van der Waals surface area contributed by atoms with Gasteiger partial charge in [-0.05, 0) is 109 Å². The van der Waals surface area contributed by atoms with E-state index in [9.17, 15) is 24.7 Å². The third-order valence-electron chi connectivity index (χ3n) is 13.4. The minimum atomic E-state index is -3.37. The van der Waals surface area contributed by atoms with Gasteiger partial charge in [0.25, 0.3) is 0 Å². The average molecular weight is 999 g/mol. The molecule has 0 saturated carbocycles. The van der Waals surface area contributed by atoms with Gasteiger partial charge in [0.2, 0.25) is 0 Å². The average Bonchev–Trinajstić information content (AvgIpc) is 1.56. The summed E-state index contributed by atoms with van der Waals surface area (Å²) in [7, 11) is -3.37. The number of para-hydroxylation sites is 3. The van der Waals surface area contributed by atoms with E-state index in [-0.39, 0.29) is 27.5 Å². The van der Waals surface area contributed by atoms with Crippen LogP contribution in [0.25, 0.3) is 99.5 Å². The first kappa shape index (κ1) is 24.0. The maximum Gasteiger partial charge on any atom is 0.179 e. The molecule has 12 aromatic carbocycles. The van der Waals surface area contributed by atoms with Crippen LogP contribution in [0.4, 0.5) is 0 Å². The molecule has 14 rings (SSSR count). The van der Waals surface area contributed by atoms with Gasteiger partial charge in [-0.2, -0.15) is 0 Å². The molecule has 0 unspecified atom stereocenters. The van der Waals surface area contributed by atoms with Crippen molar-refractivity contribution < 1.29 is 38.4 Å². The molecular weight excluding hydrogens is 921 g/mol. The first-order valence-corrected chi connectivity index (χ1v) is 25.6. The third-order valence-corrected chi connectivity index (χ3v) is 18.2. The Labute approximate surface area is 477 Å². The van der Waals surface area contributed by atoms with Crippen molar-refractivity contribution in [3.05, 3.63) is 303 Å². The predicted molar refractivity (Wildman–Crippen MR) is 320 cm³/mol. The molecule has 0 aliphatic carbocycles. The highest BCUT2D eigenvalue weighted by molar-refractivity contribution is 7.19. The van der Waals surface area contributed by atoms with Gasteiger partial charge in [-0.25, -0.2) is 0 Å². The van der Waals surface area contributed by atoms with Gasteiger partial charge in [-0.3, -0.25) is 0 Å². The van der Waals surface area contributed by atoms with Gasteiger partial charge in [-0.15, -0.1) is 0 Å². The van der Waals surface area contributed by atoms with E-state index in [4.69, 9.17) is 13.7 Å². The quantitative estimate of drug-likeness (QED) is 0.0954. The zero-order valence-corrected chi connectivity index (χ0v) is 40.1. The minimum absolute atomic E-state index is 0.217. The highest BCUT2D eigenvalue weighted by atomic mass is 28.3. The van der Waals surface area contributed by atoms with Gasteiger partial charge in [-0.1, -0.05) is 248 Å². The lowest BCUT2D eigenvalue weighted by Crippen LogP contribution is -2.74. The van der Waals surface area contributed by atoms with Gasteiger partial charge < -0.3 is 9.13 Å². The minimum Gasteiger partial charge on any atom is -0.309 e. The summed E-state index contributed by atoms with van der Waals surface area (Å²) in [5.74, 6) is 0. The second-order valence-corrected chi connectivity index (χ2v) is 21.2. The summed E-state index contributed by atoms with van der Waals surface area (Å²) >= 11 is 0. The van der Waals surface area contributed by atoms with Crippen LogP contribution < -0.4 is 20.7 Å². The van der Waals surface area contributed by atoms with Crippen LogP contribution in [0, 0.1) is 0 Å². The Morgan fingerprint density at radius 1 is 0.280 bits per heavy atom. The zero-order valence-electron chi connectivity index (χ0n) is 67.1. The van der Waals surface area contributed by atoms with Crippen LogP contribution >= 0.6 is 0 Å². The third kappa shape index (κ3) is 7.39. The normalized spacial score (nSPS) is 17.0. The lowest BCUT2D eigenvalue weighted by atomic mass is 9.95. The molecule has 0 atom stereocenters. The Hall–Kier alpha value is -9.54. The Balaban J connectivity index is 1.09. The molecule has 0 bridgehead atoms. The molecule has 14 aromatic rings. The monoisotopic (exact) mass is 999 g/mol. The number of hydrogen-bond acceptors (Lipinski definition) is 0. The lowest BCUT2D eigenvalue weighted by Gasteiger charge is -2.34. The van der Waals surface area contributed by atoms with Crippen molar-refractivity contribution in [1.82, 2.24) is 9.13 Å². The van der Waals surface area contributed by atoms with Crippen LogP contribution in [-0.4, -0.2) is 17.2 Å². The molecule has 0 radical (unpaired) electrons. The first-order chi connectivity index (χ1) is 48.9. The molecule has 0 aliphatic heterocycles. The molecule has 0 aliphatic rings. The van der Waals surface area contributed by atoms with E-state index in [1.165, 1.54) is 22.8 Å². The van der Waals surface area contributed by atoms with E-state index >= 15 is 0 Å². The molecule has 0 spiro atoms. The number of benzene rings is 12. The summed E-state index contributed by atoms with van der Waals surface area (Å²) in [6.45, 7) is 0. The second kappa shape index (κ2) is 18.5. The molecule has 0 saturated heterocycles. The molecule has 0 N–H and O–H groups in total. The Morgan fingerprint density at radius 2 is 0.680 bits per heavy atom. The van der Waals surface area contributed by atoms with Crippen LogP contribution in [-0.2, 0) is 0 Å². The van der Waals surface area contributed by atoms with Crippen LogP contribution in [0.1, 0.15) is 38.4 Å². The first-order valence-electron chi connectivity index (χ1n) is 37.6. The van der Waals surface area contributed by atoms with E-state index in [0.29, 0.717) is 0 Å². The Bertz CT molecular complexity index is 5860. The van der Waals surface area contributed by atoms with Crippen molar-refractivity contribution in [1.29, 1.82) is 0 Å². The molecule has 2 aromatic heterocycles. The van der Waals surface area contributed by atoms with Crippen molar-refractivity contribution in [3.8, 4) is 55.9 Å². The number of aromatic nitrogens is 2. The SMILES string of the molecule is [2H]c1c([2H])c([2H])c(-c2cccc(-c3c([2H])c([2H])c([2H])c([2H])c3[2H])c2-n2c3c([2H])c([2H])c([2H])c([2H])c3c3c([2H])c(-c4c([2H])c([2H])c([2H])c(-c5c([2H])c([2H])c6c(c5[2H])c5c([2H])c([2H])c([2H])c([2H])c5n6-c5cccc([Si](c6ccccc6)(c6ccccc6)c6ccccc6)c5)c4[2H])c([2H])c([2H])c32)c([2H])c1[2H]. The van der Waals surface area contributed by atoms with Crippen molar-refractivity contribution >= 4 is 72.4 Å². The summed E-state index contributed by atoms with van der Waals surface area (Å²) in [5.41, 5.74) is -7.28. The number of hydrogen-bond donors (Lipinski definition) is 0. The van der Waals surface area contributed by atoms with Crippen molar-refractivity contribution in [2.45, 2.75) is 0 Å². The largest absolute Gasteiger partial charge is 0.309 e. The van der Waals surface area contributed by atoms with E-state index in [1.807, 2.05) is 103 Å². The molecule has 75 heavy (non-hydrogen) atoms. The Kier molecular flexibility index (Phi) is 5.92. The van der Waals surface area contributed by atoms with Crippen LogP contribution in [0.15, 0.2) is 303 Å². The molecule has 2 nitrogen and oxygen atoms in total. The van der Waals surface area contributed by atoms with Gasteiger partial charge in [0.05, 0.1) is 66.1 Å². The summed E-state index contributed by atoms with van der Waals surface area (Å²) < 4.78 is 265. The fraction of sp³-hybridized carbons (Fsp3) is 0. The summed E-state index contributed by atoms with van der Waals surface area (Å²) in [6.07, 6.45) is 0. The van der Waals surface area contributed by atoms with Crippen LogP contribution in [0.2, 0.25) is 0 Å². The summed E-state index contributed by atoms with van der Waals surface area (Å²) in [5, 5.41) is 1.80. The maximum atomic E-state index is 10.3. The highest BCUT2D eigenvalue weighted by Gasteiger charge is 2.41. The Morgan fingerprint density at radius 3 is 1.20 bits per heavy atom. The summed E-state index contributed by atoms with van der Waals surface area (Å²) in [4.78, 5) is 0. The lowest BCUT2D eigenvalue weighted by molar-refractivity contribution is 1.18. The van der Waals surface area contributed by atoms with E-state index in [1.54, 1.807) is 12.1 Å². The fourth-order valence-electron chi connectivity index (χ4n) is 10.3. The summed E-state index contributed by atoms with van der Waals surface area (Å²) in [6, 6.07) is 16.1. The molecular formula is C72H50N2Si. The van der Waals surface area contributed by atoms with Crippen molar-refractivity contribution in [2.24, 2.45) is 0 Å². The van der Waals surface area contributed by atoms with Crippen molar-refractivity contribution in [2.75, 3.05) is 0 Å². The highest BCUT2D eigenvalue weighted by Crippen LogP contribution is 2.43. The number of rotatable bonds is 10. The molecule has 0 amide bonds. The van der Waals surface area contributed by atoms with E-state index in [0.717, 1.165) is 25.3 Å². The van der Waals surface area contributed by atoms with E-state index < -0.39 is 249 Å². The van der Waals surface area contributed by atoms with E-state index in [2.05, 4.69) is 0 Å². The smallest absolute Gasteiger partial charge is 0.179 e. The second-order valence-electron chi connectivity index (χ2n) is 17.4. The predicted octanol–water partition coefficient (Wildman–Crippen LogP) is 15.9. The van der Waals surface area contributed by atoms with Crippen molar-refractivity contribution in [3.63, 3.8) is 0 Å².